The second-order valence-electron chi connectivity index (χ2n) is 5.29. The molecule has 0 unspecified atom stereocenters. The van der Waals surface area contributed by atoms with Crippen LogP contribution in [0.4, 0.5) is 0 Å². The number of fused-ring (bicyclic) bond motifs is 3. The highest BCUT2D eigenvalue weighted by Gasteiger charge is 2.15. The zero-order valence-electron chi connectivity index (χ0n) is 12.7. The Morgan fingerprint density at radius 1 is 1.17 bits per heavy atom. The third-order valence-corrected chi connectivity index (χ3v) is 3.94. The van der Waals surface area contributed by atoms with Gasteiger partial charge in [0, 0.05) is 18.0 Å². The van der Waals surface area contributed by atoms with Gasteiger partial charge in [-0.2, -0.15) is 5.10 Å². The molecule has 0 aliphatic heterocycles. The van der Waals surface area contributed by atoms with E-state index in [2.05, 4.69) is 15.1 Å². The molecule has 1 aromatic carbocycles. The average molecular weight is 306 g/mol. The predicted molar refractivity (Wildman–Crippen MR) is 87.8 cm³/mol. The summed E-state index contributed by atoms with van der Waals surface area (Å²) in [7, 11) is 1.64. The van der Waals surface area contributed by atoms with Crippen LogP contribution in [-0.2, 0) is 0 Å². The molecule has 0 atom stereocenters. The van der Waals surface area contributed by atoms with Crippen molar-refractivity contribution in [2.24, 2.45) is 0 Å². The first-order valence-corrected chi connectivity index (χ1v) is 7.19. The van der Waals surface area contributed by atoms with Crippen LogP contribution in [0.25, 0.3) is 27.7 Å². The van der Waals surface area contributed by atoms with Gasteiger partial charge in [-0.15, -0.1) is 0 Å². The smallest absolute Gasteiger partial charge is 0.258 e. The first-order chi connectivity index (χ1) is 11.2. The van der Waals surface area contributed by atoms with Gasteiger partial charge in [0.1, 0.15) is 5.75 Å². The summed E-state index contributed by atoms with van der Waals surface area (Å²) in [6.07, 6.45) is 3.21. The van der Waals surface area contributed by atoms with Gasteiger partial charge < -0.3 is 9.72 Å². The van der Waals surface area contributed by atoms with E-state index in [-0.39, 0.29) is 5.56 Å². The number of aromatic nitrogens is 4. The molecule has 4 rings (SSSR count). The van der Waals surface area contributed by atoms with E-state index in [1.165, 1.54) is 0 Å². The Labute approximate surface area is 131 Å². The number of ether oxygens (including phenoxy) is 1. The van der Waals surface area contributed by atoms with Gasteiger partial charge in [0.05, 0.1) is 23.7 Å². The van der Waals surface area contributed by atoms with Gasteiger partial charge in [0.15, 0.2) is 5.65 Å². The quantitative estimate of drug-likeness (QED) is 0.618. The fourth-order valence-electron chi connectivity index (χ4n) is 2.81. The van der Waals surface area contributed by atoms with E-state index in [4.69, 9.17) is 4.74 Å². The Morgan fingerprint density at radius 2 is 1.96 bits per heavy atom. The molecular weight excluding hydrogens is 292 g/mol. The Morgan fingerprint density at radius 3 is 2.70 bits per heavy atom. The molecule has 6 nitrogen and oxygen atoms in total. The number of aromatic amines is 1. The van der Waals surface area contributed by atoms with Crippen molar-refractivity contribution < 1.29 is 4.74 Å². The Bertz CT molecular complexity index is 1080. The molecule has 4 aromatic rings. The van der Waals surface area contributed by atoms with Gasteiger partial charge >= 0.3 is 0 Å². The van der Waals surface area contributed by atoms with Gasteiger partial charge in [0.25, 0.3) is 5.56 Å². The number of methoxy groups -OCH3 is 1. The molecule has 0 saturated heterocycles. The van der Waals surface area contributed by atoms with Crippen LogP contribution in [0.2, 0.25) is 0 Å². The third-order valence-electron chi connectivity index (χ3n) is 3.94. The summed E-state index contributed by atoms with van der Waals surface area (Å²) in [6, 6.07) is 9.60. The lowest BCUT2D eigenvalue weighted by Gasteiger charge is -2.04. The van der Waals surface area contributed by atoms with E-state index < -0.39 is 0 Å². The molecule has 3 aromatic heterocycles. The van der Waals surface area contributed by atoms with Crippen molar-refractivity contribution in [2.45, 2.75) is 6.92 Å². The maximum atomic E-state index is 11.9. The number of pyridine rings is 1. The molecule has 0 aliphatic carbocycles. The number of hydrogen-bond donors (Lipinski definition) is 1. The second kappa shape index (κ2) is 4.95. The maximum Gasteiger partial charge on any atom is 0.258 e. The van der Waals surface area contributed by atoms with Crippen molar-refractivity contribution in [3.05, 3.63) is 58.8 Å². The standard InChI is InChI=1S/C17H14N4O2/c1-10-15(11-3-5-12(23-2)6-4-11)16-19-9-13-14(21(16)20-10)7-8-18-17(13)22/h3-9H,1-2H3,(H,18,22). The van der Waals surface area contributed by atoms with Gasteiger partial charge in [-0.25, -0.2) is 9.50 Å². The minimum absolute atomic E-state index is 0.170. The molecular formula is C17H14N4O2. The normalized spacial score (nSPS) is 11.2. The average Bonchev–Trinajstić information content (AvgIpc) is 2.92. The number of hydrogen-bond acceptors (Lipinski definition) is 4. The zero-order chi connectivity index (χ0) is 16.0. The van der Waals surface area contributed by atoms with E-state index in [9.17, 15) is 4.79 Å². The molecule has 114 valence electrons. The molecule has 0 spiro atoms. The molecule has 3 heterocycles. The van der Waals surface area contributed by atoms with Crippen LogP contribution in [-0.4, -0.2) is 26.7 Å². The first kappa shape index (κ1) is 13.5. The van der Waals surface area contributed by atoms with Crippen LogP contribution in [0.15, 0.2) is 47.5 Å². The minimum Gasteiger partial charge on any atom is -0.497 e. The van der Waals surface area contributed by atoms with Crippen molar-refractivity contribution in [3.8, 4) is 16.9 Å². The second-order valence-corrected chi connectivity index (χ2v) is 5.29. The Hall–Kier alpha value is -3.15. The Kier molecular flexibility index (Phi) is 2.90. The lowest BCUT2D eigenvalue weighted by atomic mass is 10.1. The zero-order valence-corrected chi connectivity index (χ0v) is 12.7. The topological polar surface area (TPSA) is 72.3 Å². The summed E-state index contributed by atoms with van der Waals surface area (Å²) in [4.78, 5) is 19.0. The molecule has 0 saturated carbocycles. The largest absolute Gasteiger partial charge is 0.497 e. The van der Waals surface area contributed by atoms with Crippen molar-refractivity contribution in [1.29, 1.82) is 0 Å². The van der Waals surface area contributed by atoms with E-state index >= 15 is 0 Å². The molecule has 0 aliphatic rings. The van der Waals surface area contributed by atoms with Crippen LogP contribution in [0, 0.1) is 6.92 Å². The van der Waals surface area contributed by atoms with Crippen molar-refractivity contribution in [1.82, 2.24) is 19.6 Å². The molecule has 23 heavy (non-hydrogen) atoms. The molecule has 0 fully saturated rings. The summed E-state index contributed by atoms with van der Waals surface area (Å²) in [6.45, 7) is 1.94. The fourth-order valence-corrected chi connectivity index (χ4v) is 2.81. The number of aryl methyl sites for hydroxylation is 1. The van der Waals surface area contributed by atoms with Gasteiger partial charge in [-0.05, 0) is 30.7 Å². The van der Waals surface area contributed by atoms with Crippen LogP contribution in [0.1, 0.15) is 5.69 Å². The van der Waals surface area contributed by atoms with E-state index in [0.717, 1.165) is 33.7 Å². The van der Waals surface area contributed by atoms with Crippen LogP contribution >= 0.6 is 0 Å². The van der Waals surface area contributed by atoms with Crippen molar-refractivity contribution >= 4 is 16.6 Å². The number of nitrogens with one attached hydrogen (secondary N) is 1. The number of benzene rings is 1. The van der Waals surface area contributed by atoms with E-state index in [0.29, 0.717) is 5.39 Å². The molecule has 0 radical (unpaired) electrons. The highest BCUT2D eigenvalue weighted by atomic mass is 16.5. The van der Waals surface area contributed by atoms with Crippen LogP contribution in [0.3, 0.4) is 0 Å². The number of nitrogens with zero attached hydrogens (tertiary/aromatic N) is 3. The summed E-state index contributed by atoms with van der Waals surface area (Å²) in [5.74, 6) is 0.799. The van der Waals surface area contributed by atoms with Gasteiger partial charge in [0.2, 0.25) is 0 Å². The van der Waals surface area contributed by atoms with Gasteiger partial charge in [-0.3, -0.25) is 4.79 Å². The van der Waals surface area contributed by atoms with Crippen molar-refractivity contribution in [3.63, 3.8) is 0 Å². The monoisotopic (exact) mass is 306 g/mol. The van der Waals surface area contributed by atoms with E-state index in [1.54, 1.807) is 24.0 Å². The molecule has 0 bridgehead atoms. The summed E-state index contributed by atoms with van der Waals surface area (Å²) in [5.41, 5.74) is 4.11. The minimum atomic E-state index is -0.170. The summed E-state index contributed by atoms with van der Waals surface area (Å²) >= 11 is 0. The van der Waals surface area contributed by atoms with Gasteiger partial charge in [-0.1, -0.05) is 12.1 Å². The maximum absolute atomic E-state index is 11.9. The van der Waals surface area contributed by atoms with Crippen LogP contribution < -0.4 is 10.3 Å². The first-order valence-electron chi connectivity index (χ1n) is 7.19. The van der Waals surface area contributed by atoms with E-state index in [1.807, 2.05) is 37.3 Å². The lowest BCUT2D eigenvalue weighted by molar-refractivity contribution is 0.415. The molecule has 1 N–H and O–H groups in total. The third kappa shape index (κ3) is 1.99. The summed E-state index contributed by atoms with van der Waals surface area (Å²) in [5, 5.41) is 5.09. The highest BCUT2D eigenvalue weighted by molar-refractivity contribution is 5.86. The van der Waals surface area contributed by atoms with Crippen LogP contribution in [0.5, 0.6) is 5.75 Å². The summed E-state index contributed by atoms with van der Waals surface area (Å²) < 4.78 is 6.92. The number of H-pyrrole nitrogens is 1. The number of rotatable bonds is 2. The Balaban J connectivity index is 2.04. The molecule has 0 amide bonds. The molecule has 6 heteroatoms. The SMILES string of the molecule is COc1ccc(-c2c(C)nn3c2ncc2c(=O)[nH]ccc23)cc1. The van der Waals surface area contributed by atoms with Crippen molar-refractivity contribution in [2.75, 3.05) is 7.11 Å². The lowest BCUT2D eigenvalue weighted by Crippen LogP contribution is -2.07. The fraction of sp³-hybridized carbons (Fsp3) is 0.118. The predicted octanol–water partition coefficient (Wildman–Crippen LogP) is 2.55. The highest BCUT2D eigenvalue weighted by Crippen LogP contribution is 2.29.